The summed E-state index contributed by atoms with van der Waals surface area (Å²) in [5, 5.41) is 3.26. The summed E-state index contributed by atoms with van der Waals surface area (Å²) < 4.78 is 38.6. The van der Waals surface area contributed by atoms with Crippen LogP contribution in [0.25, 0.3) is 0 Å². The SMILES string of the molecule is CCCC1CC1NC1CCCCC1C(F)(F)F. The minimum Gasteiger partial charge on any atom is -0.310 e. The predicted octanol–water partition coefficient (Wildman–Crippen LogP) is 3.89. The first-order valence-corrected chi connectivity index (χ1v) is 6.85. The summed E-state index contributed by atoms with van der Waals surface area (Å²) in [5.41, 5.74) is 0. The van der Waals surface area contributed by atoms with Crippen LogP contribution in [-0.4, -0.2) is 18.3 Å². The summed E-state index contributed by atoms with van der Waals surface area (Å²) in [6.07, 6.45) is 2.02. The Morgan fingerprint density at radius 3 is 2.47 bits per heavy atom. The first-order chi connectivity index (χ1) is 8.02. The summed E-state index contributed by atoms with van der Waals surface area (Å²) in [6, 6.07) is 0.0403. The summed E-state index contributed by atoms with van der Waals surface area (Å²) in [7, 11) is 0. The Morgan fingerprint density at radius 1 is 1.12 bits per heavy atom. The molecule has 100 valence electrons. The van der Waals surface area contributed by atoms with Gasteiger partial charge in [0.05, 0.1) is 5.92 Å². The van der Waals surface area contributed by atoms with E-state index in [-0.39, 0.29) is 6.04 Å². The van der Waals surface area contributed by atoms with Gasteiger partial charge in [0.1, 0.15) is 0 Å². The van der Waals surface area contributed by atoms with E-state index >= 15 is 0 Å². The number of hydrogen-bond donors (Lipinski definition) is 1. The van der Waals surface area contributed by atoms with Crippen LogP contribution in [0.2, 0.25) is 0 Å². The first-order valence-electron chi connectivity index (χ1n) is 6.85. The monoisotopic (exact) mass is 249 g/mol. The van der Waals surface area contributed by atoms with Gasteiger partial charge in [-0.3, -0.25) is 0 Å². The first kappa shape index (κ1) is 13.2. The van der Waals surface area contributed by atoms with Crippen molar-refractivity contribution in [1.82, 2.24) is 5.32 Å². The second kappa shape index (κ2) is 5.17. The third-order valence-electron chi connectivity index (χ3n) is 4.20. The highest BCUT2D eigenvalue weighted by atomic mass is 19.4. The van der Waals surface area contributed by atoms with E-state index in [1.54, 1.807) is 0 Å². The van der Waals surface area contributed by atoms with Crippen molar-refractivity contribution >= 4 is 0 Å². The smallest absolute Gasteiger partial charge is 0.310 e. The normalized spacial score (nSPS) is 38.1. The number of nitrogens with one attached hydrogen (secondary N) is 1. The Hall–Kier alpha value is -0.250. The van der Waals surface area contributed by atoms with Crippen LogP contribution in [0.4, 0.5) is 13.2 Å². The van der Waals surface area contributed by atoms with Crippen molar-refractivity contribution in [3.8, 4) is 0 Å². The van der Waals surface area contributed by atoms with Crippen LogP contribution in [-0.2, 0) is 0 Å². The summed E-state index contributed by atoms with van der Waals surface area (Å²) in [6.45, 7) is 2.13. The average molecular weight is 249 g/mol. The van der Waals surface area contributed by atoms with Gasteiger partial charge < -0.3 is 5.32 Å². The Kier molecular flexibility index (Phi) is 4.01. The van der Waals surface area contributed by atoms with Gasteiger partial charge >= 0.3 is 6.18 Å². The highest BCUT2D eigenvalue weighted by molar-refractivity contribution is 4.97. The molecule has 4 unspecified atom stereocenters. The molecule has 0 aliphatic heterocycles. The fraction of sp³-hybridized carbons (Fsp3) is 1.00. The molecule has 2 saturated carbocycles. The van der Waals surface area contributed by atoms with Crippen LogP contribution in [0.1, 0.15) is 51.9 Å². The van der Waals surface area contributed by atoms with Crippen molar-refractivity contribution in [2.24, 2.45) is 11.8 Å². The Bertz CT molecular complexity index is 252. The maximum atomic E-state index is 12.9. The Balaban J connectivity index is 1.85. The van der Waals surface area contributed by atoms with Crippen LogP contribution in [0.5, 0.6) is 0 Å². The molecule has 0 amide bonds. The molecule has 2 rings (SSSR count). The molecule has 0 aromatic carbocycles. The zero-order valence-electron chi connectivity index (χ0n) is 10.4. The summed E-state index contributed by atoms with van der Waals surface area (Å²) in [4.78, 5) is 0. The molecule has 0 aromatic heterocycles. The van der Waals surface area contributed by atoms with E-state index in [9.17, 15) is 13.2 Å². The largest absolute Gasteiger partial charge is 0.393 e. The van der Waals surface area contributed by atoms with Gasteiger partial charge in [-0.05, 0) is 31.6 Å². The second-order valence-electron chi connectivity index (χ2n) is 5.60. The minimum atomic E-state index is -4.02. The molecule has 2 fully saturated rings. The molecule has 0 radical (unpaired) electrons. The van der Waals surface area contributed by atoms with Crippen LogP contribution in [0, 0.1) is 11.8 Å². The van der Waals surface area contributed by atoms with E-state index in [1.165, 1.54) is 0 Å². The molecule has 1 nitrogen and oxygen atoms in total. The van der Waals surface area contributed by atoms with Crippen molar-refractivity contribution in [3.63, 3.8) is 0 Å². The maximum absolute atomic E-state index is 12.9. The van der Waals surface area contributed by atoms with Gasteiger partial charge in [-0.15, -0.1) is 0 Å². The zero-order chi connectivity index (χ0) is 12.5. The van der Waals surface area contributed by atoms with E-state index in [0.717, 1.165) is 32.1 Å². The molecule has 0 spiro atoms. The third kappa shape index (κ3) is 3.36. The standard InChI is InChI=1S/C13H22F3N/c1-2-5-9-8-12(9)17-11-7-4-3-6-10(11)13(14,15)16/h9-12,17H,2-8H2,1H3. The van der Waals surface area contributed by atoms with Gasteiger partial charge in [-0.1, -0.05) is 26.2 Å². The van der Waals surface area contributed by atoms with E-state index in [0.29, 0.717) is 24.8 Å². The van der Waals surface area contributed by atoms with Crippen molar-refractivity contribution in [2.45, 2.75) is 70.1 Å². The Morgan fingerprint density at radius 2 is 1.82 bits per heavy atom. The molecule has 0 aromatic rings. The fourth-order valence-corrected chi connectivity index (χ4v) is 3.14. The quantitative estimate of drug-likeness (QED) is 0.797. The lowest BCUT2D eigenvalue weighted by molar-refractivity contribution is -0.189. The molecule has 17 heavy (non-hydrogen) atoms. The summed E-state index contributed by atoms with van der Waals surface area (Å²) in [5.74, 6) is -0.477. The zero-order valence-corrected chi connectivity index (χ0v) is 10.4. The van der Waals surface area contributed by atoms with Gasteiger partial charge in [0.15, 0.2) is 0 Å². The average Bonchev–Trinajstić information content (AvgIpc) is 2.96. The molecular formula is C13H22F3N. The van der Waals surface area contributed by atoms with Gasteiger partial charge in [0, 0.05) is 12.1 Å². The van der Waals surface area contributed by atoms with Crippen LogP contribution in [0.3, 0.4) is 0 Å². The van der Waals surface area contributed by atoms with Gasteiger partial charge in [-0.25, -0.2) is 0 Å². The van der Waals surface area contributed by atoms with Crippen LogP contribution < -0.4 is 5.32 Å². The lowest BCUT2D eigenvalue weighted by Crippen LogP contribution is -2.46. The van der Waals surface area contributed by atoms with Gasteiger partial charge in [-0.2, -0.15) is 13.2 Å². The molecule has 2 aliphatic rings. The predicted molar refractivity (Wildman–Crippen MR) is 61.7 cm³/mol. The number of hydrogen-bond acceptors (Lipinski definition) is 1. The number of halogens is 3. The molecule has 4 heteroatoms. The van der Waals surface area contributed by atoms with Crippen LogP contribution in [0.15, 0.2) is 0 Å². The number of rotatable bonds is 4. The van der Waals surface area contributed by atoms with Crippen molar-refractivity contribution < 1.29 is 13.2 Å². The molecule has 0 heterocycles. The van der Waals surface area contributed by atoms with Crippen molar-refractivity contribution in [2.75, 3.05) is 0 Å². The lowest BCUT2D eigenvalue weighted by atomic mass is 9.84. The fourth-order valence-electron chi connectivity index (χ4n) is 3.14. The highest BCUT2D eigenvalue weighted by Gasteiger charge is 2.48. The third-order valence-corrected chi connectivity index (χ3v) is 4.20. The van der Waals surface area contributed by atoms with Crippen molar-refractivity contribution in [3.05, 3.63) is 0 Å². The molecule has 2 aliphatic carbocycles. The minimum absolute atomic E-state index is 0.312. The van der Waals surface area contributed by atoms with Crippen molar-refractivity contribution in [1.29, 1.82) is 0 Å². The maximum Gasteiger partial charge on any atom is 0.393 e. The van der Waals surface area contributed by atoms with E-state index in [2.05, 4.69) is 12.2 Å². The van der Waals surface area contributed by atoms with Gasteiger partial charge in [0.25, 0.3) is 0 Å². The highest BCUT2D eigenvalue weighted by Crippen LogP contribution is 2.41. The molecule has 4 atom stereocenters. The van der Waals surface area contributed by atoms with E-state index in [4.69, 9.17) is 0 Å². The molecular weight excluding hydrogens is 227 g/mol. The molecule has 1 N–H and O–H groups in total. The lowest BCUT2D eigenvalue weighted by Gasteiger charge is -2.34. The second-order valence-corrected chi connectivity index (χ2v) is 5.60. The van der Waals surface area contributed by atoms with E-state index < -0.39 is 12.1 Å². The van der Waals surface area contributed by atoms with Gasteiger partial charge in [0.2, 0.25) is 0 Å². The molecule has 0 bridgehead atoms. The topological polar surface area (TPSA) is 12.0 Å². The number of alkyl halides is 3. The molecule has 0 saturated heterocycles. The Labute approximate surface area is 101 Å². The van der Waals surface area contributed by atoms with Crippen LogP contribution >= 0.6 is 0 Å². The van der Waals surface area contributed by atoms with E-state index in [1.807, 2.05) is 0 Å². The summed E-state index contributed by atoms with van der Waals surface area (Å²) >= 11 is 0.